The number of carbonyl (C=O) groups excluding carboxylic acids is 1. The summed E-state index contributed by atoms with van der Waals surface area (Å²) in [6, 6.07) is 14.5. The minimum atomic E-state index is -0.156. The molecule has 0 aliphatic carbocycles. The van der Waals surface area contributed by atoms with Gasteiger partial charge in [0.05, 0.1) is 42.9 Å². The highest BCUT2D eigenvalue weighted by atomic mass is 16.5. The number of amides is 1. The Labute approximate surface area is 215 Å². The van der Waals surface area contributed by atoms with Gasteiger partial charge < -0.3 is 29.2 Å². The lowest BCUT2D eigenvalue weighted by atomic mass is 10.1. The number of ether oxygens (including phenoxy) is 4. The van der Waals surface area contributed by atoms with E-state index in [1.807, 2.05) is 37.2 Å². The molecule has 0 saturated heterocycles. The third kappa shape index (κ3) is 6.62. The maximum Gasteiger partial charge on any atom is 0.230 e. The van der Waals surface area contributed by atoms with Gasteiger partial charge in [-0.05, 0) is 35.9 Å². The van der Waals surface area contributed by atoms with Crippen LogP contribution < -0.4 is 24.4 Å². The van der Waals surface area contributed by atoms with Crippen LogP contribution in [0.15, 0.2) is 61.1 Å². The second-order valence-corrected chi connectivity index (χ2v) is 8.31. The fourth-order valence-electron chi connectivity index (χ4n) is 3.51. The highest BCUT2D eigenvalue weighted by Gasteiger charge is 2.13. The molecule has 10 nitrogen and oxygen atoms in total. The topological polar surface area (TPSA) is 108 Å². The van der Waals surface area contributed by atoms with Gasteiger partial charge in [-0.3, -0.25) is 4.79 Å². The van der Waals surface area contributed by atoms with E-state index in [1.165, 1.54) is 6.33 Å². The number of methoxy groups -OCH3 is 2. The van der Waals surface area contributed by atoms with Crippen molar-refractivity contribution in [2.45, 2.75) is 6.42 Å². The molecule has 37 heavy (non-hydrogen) atoms. The summed E-state index contributed by atoms with van der Waals surface area (Å²) in [5.74, 6) is 2.40. The summed E-state index contributed by atoms with van der Waals surface area (Å²) in [6.45, 7) is 0.841. The molecule has 0 saturated carbocycles. The van der Waals surface area contributed by atoms with Gasteiger partial charge in [-0.15, -0.1) is 0 Å². The van der Waals surface area contributed by atoms with E-state index >= 15 is 0 Å². The van der Waals surface area contributed by atoms with Gasteiger partial charge in [0.15, 0.2) is 11.5 Å². The van der Waals surface area contributed by atoms with E-state index in [0.717, 1.165) is 11.3 Å². The number of nitrogens with one attached hydrogen (secondary N) is 1. The van der Waals surface area contributed by atoms with Crippen molar-refractivity contribution >= 4 is 28.3 Å². The highest BCUT2D eigenvalue weighted by Crippen LogP contribution is 2.36. The Kier molecular flexibility index (Phi) is 8.32. The fourth-order valence-corrected chi connectivity index (χ4v) is 3.51. The van der Waals surface area contributed by atoms with Crippen molar-refractivity contribution in [1.29, 1.82) is 0 Å². The average molecular weight is 504 g/mol. The molecule has 0 radical (unpaired) electrons. The Morgan fingerprint density at radius 1 is 0.946 bits per heavy atom. The van der Waals surface area contributed by atoms with E-state index in [4.69, 9.17) is 18.9 Å². The zero-order valence-corrected chi connectivity index (χ0v) is 21.2. The number of aromatic nitrogens is 3. The lowest BCUT2D eigenvalue weighted by Crippen LogP contribution is -2.15. The SMILES string of the molecule is COCCOc1cc2ncnc(Oc3ccc(CC(=O)Nc4ccc(N(C)C)cn4)cc3)c2cc1OC. The first kappa shape index (κ1) is 25.6. The van der Waals surface area contributed by atoms with E-state index in [1.54, 1.807) is 50.7 Å². The molecule has 0 aliphatic rings. The zero-order chi connectivity index (χ0) is 26.2. The van der Waals surface area contributed by atoms with Crippen LogP contribution in [0.5, 0.6) is 23.1 Å². The van der Waals surface area contributed by atoms with Crippen LogP contribution in [0.2, 0.25) is 0 Å². The third-order valence-corrected chi connectivity index (χ3v) is 5.46. The predicted octanol–water partition coefficient (Wildman–Crippen LogP) is 4.10. The number of anilines is 2. The Morgan fingerprint density at radius 2 is 1.76 bits per heavy atom. The molecule has 0 bridgehead atoms. The van der Waals surface area contributed by atoms with Crippen molar-refractivity contribution in [2.24, 2.45) is 0 Å². The Balaban J connectivity index is 1.42. The minimum absolute atomic E-state index is 0.156. The number of benzene rings is 2. The normalized spacial score (nSPS) is 10.7. The summed E-state index contributed by atoms with van der Waals surface area (Å²) >= 11 is 0. The molecule has 2 aromatic heterocycles. The average Bonchev–Trinajstić information content (AvgIpc) is 2.90. The number of pyridine rings is 1. The van der Waals surface area contributed by atoms with Gasteiger partial charge in [-0.1, -0.05) is 12.1 Å². The summed E-state index contributed by atoms with van der Waals surface area (Å²) in [5, 5.41) is 3.49. The molecule has 2 aromatic carbocycles. The van der Waals surface area contributed by atoms with Crippen LogP contribution in [-0.4, -0.2) is 62.4 Å². The quantitative estimate of drug-likeness (QED) is 0.303. The van der Waals surface area contributed by atoms with Gasteiger partial charge >= 0.3 is 0 Å². The molecular formula is C27H29N5O5. The maximum absolute atomic E-state index is 12.5. The molecule has 0 atom stereocenters. The number of hydrogen-bond donors (Lipinski definition) is 1. The number of fused-ring (bicyclic) bond motifs is 1. The van der Waals surface area contributed by atoms with E-state index in [2.05, 4.69) is 20.3 Å². The number of nitrogens with zero attached hydrogens (tertiary/aromatic N) is 4. The van der Waals surface area contributed by atoms with Gasteiger partial charge in [0.1, 0.15) is 24.5 Å². The Bertz CT molecular complexity index is 1340. The van der Waals surface area contributed by atoms with Crippen LogP contribution in [0.4, 0.5) is 11.5 Å². The monoisotopic (exact) mass is 503 g/mol. The molecular weight excluding hydrogens is 474 g/mol. The van der Waals surface area contributed by atoms with Crippen molar-refractivity contribution in [1.82, 2.24) is 15.0 Å². The number of rotatable bonds is 11. The minimum Gasteiger partial charge on any atom is -0.493 e. The lowest BCUT2D eigenvalue weighted by Gasteiger charge is -2.13. The number of hydrogen-bond acceptors (Lipinski definition) is 9. The van der Waals surface area contributed by atoms with Crippen LogP contribution in [0.25, 0.3) is 10.9 Å². The lowest BCUT2D eigenvalue weighted by molar-refractivity contribution is -0.115. The molecule has 10 heteroatoms. The van der Waals surface area contributed by atoms with Crippen molar-refractivity contribution in [3.05, 3.63) is 66.6 Å². The van der Waals surface area contributed by atoms with Crippen molar-refractivity contribution in [3.8, 4) is 23.1 Å². The van der Waals surface area contributed by atoms with E-state index in [-0.39, 0.29) is 12.3 Å². The van der Waals surface area contributed by atoms with Crippen molar-refractivity contribution < 1.29 is 23.7 Å². The zero-order valence-electron chi connectivity index (χ0n) is 21.2. The van der Waals surface area contributed by atoms with Gasteiger partial charge in [0.2, 0.25) is 11.8 Å². The van der Waals surface area contributed by atoms with Crippen molar-refractivity contribution in [2.75, 3.05) is 51.7 Å². The summed E-state index contributed by atoms with van der Waals surface area (Å²) in [5.41, 5.74) is 2.44. The summed E-state index contributed by atoms with van der Waals surface area (Å²) < 4.78 is 22.3. The first-order valence-electron chi connectivity index (χ1n) is 11.6. The van der Waals surface area contributed by atoms with Crippen molar-refractivity contribution in [3.63, 3.8) is 0 Å². The van der Waals surface area contributed by atoms with Gasteiger partial charge in [-0.2, -0.15) is 0 Å². The number of carbonyl (C=O) groups is 1. The fraction of sp³-hybridized carbons (Fsp3) is 0.259. The predicted molar refractivity (Wildman–Crippen MR) is 141 cm³/mol. The van der Waals surface area contributed by atoms with E-state index < -0.39 is 0 Å². The van der Waals surface area contributed by atoms with Gasteiger partial charge in [-0.25, -0.2) is 15.0 Å². The molecule has 0 spiro atoms. The molecule has 0 aliphatic heterocycles. The van der Waals surface area contributed by atoms with E-state index in [9.17, 15) is 4.79 Å². The van der Waals surface area contributed by atoms with E-state index in [0.29, 0.717) is 53.1 Å². The van der Waals surface area contributed by atoms with Crippen LogP contribution in [-0.2, 0) is 16.0 Å². The molecule has 0 fully saturated rings. The van der Waals surface area contributed by atoms with Gasteiger partial charge in [0.25, 0.3) is 0 Å². The Hall–Kier alpha value is -4.44. The summed E-state index contributed by atoms with van der Waals surface area (Å²) in [6.07, 6.45) is 3.35. The third-order valence-electron chi connectivity index (χ3n) is 5.46. The van der Waals surface area contributed by atoms with Crippen LogP contribution in [0, 0.1) is 0 Å². The smallest absolute Gasteiger partial charge is 0.230 e. The largest absolute Gasteiger partial charge is 0.493 e. The molecule has 1 amide bonds. The second kappa shape index (κ2) is 12.0. The second-order valence-electron chi connectivity index (χ2n) is 8.31. The first-order chi connectivity index (χ1) is 18.0. The van der Waals surface area contributed by atoms with Gasteiger partial charge in [0, 0.05) is 27.3 Å². The maximum atomic E-state index is 12.5. The molecule has 4 aromatic rings. The first-order valence-corrected chi connectivity index (χ1v) is 11.6. The standard InChI is InChI=1S/C27H29N5O5/c1-32(2)19-7-10-25(28-16-19)31-26(33)13-18-5-8-20(9-6-18)37-27-21-14-23(35-4)24(36-12-11-34-3)15-22(21)29-17-30-27/h5-10,14-17H,11-13H2,1-4H3,(H,28,31,33). The summed E-state index contributed by atoms with van der Waals surface area (Å²) in [7, 11) is 7.05. The molecule has 192 valence electrons. The highest BCUT2D eigenvalue weighted by molar-refractivity contribution is 5.91. The van der Waals surface area contributed by atoms with Crippen LogP contribution in [0.3, 0.4) is 0 Å². The molecule has 2 heterocycles. The van der Waals surface area contributed by atoms with Crippen LogP contribution >= 0.6 is 0 Å². The summed E-state index contributed by atoms with van der Waals surface area (Å²) in [4.78, 5) is 27.3. The molecule has 0 unspecified atom stereocenters. The van der Waals surface area contributed by atoms with Crippen LogP contribution in [0.1, 0.15) is 5.56 Å². The molecule has 1 N–H and O–H groups in total. The Morgan fingerprint density at radius 3 is 2.43 bits per heavy atom. The molecule has 4 rings (SSSR count).